The Morgan fingerprint density at radius 3 is 1.38 bits per heavy atom. The van der Waals surface area contributed by atoms with Crippen LogP contribution >= 0.6 is 0 Å². The number of hydrogen-bond donors (Lipinski definition) is 2. The van der Waals surface area contributed by atoms with Gasteiger partial charge in [0, 0.05) is 13.1 Å². The Kier molecular flexibility index (Phi) is 9.11. The highest BCUT2D eigenvalue weighted by molar-refractivity contribution is 5.88. The molecule has 4 aromatic rings. The Hall–Kier alpha value is -4.99. The standard InChI is InChI=1S/C38H38N2O7/c1-38(2)46-33-31(21-25-11-5-3-6-12-25)39(23-27-15-9-17-29(19-27)35(41)42)37(45)40(24-28-16-10-18-30(20-28)36(43)44)32(34(33)47-38)22-26-13-7-4-8-14-26/h3-20,31-34H,21-24H2,1-2H3,(H,41,42)(H,43,44)/t31-,32-,33+,34?/m1/s1. The number of urea groups is 1. The average Bonchev–Trinajstić information content (AvgIpc) is 3.36. The van der Waals surface area contributed by atoms with E-state index in [4.69, 9.17) is 9.47 Å². The first-order valence-electron chi connectivity index (χ1n) is 15.7. The molecular weight excluding hydrogens is 596 g/mol. The first-order valence-corrected chi connectivity index (χ1v) is 15.7. The number of fused-ring (bicyclic) bond motifs is 1. The molecule has 0 spiro atoms. The van der Waals surface area contributed by atoms with Crippen molar-refractivity contribution in [3.05, 3.63) is 143 Å². The molecule has 2 amide bonds. The van der Waals surface area contributed by atoms with Gasteiger partial charge in [-0.05, 0) is 73.2 Å². The smallest absolute Gasteiger partial charge is 0.335 e. The highest BCUT2D eigenvalue weighted by atomic mass is 16.8. The van der Waals surface area contributed by atoms with Crippen LogP contribution in [0, 0.1) is 0 Å². The molecule has 0 bridgehead atoms. The van der Waals surface area contributed by atoms with Crippen molar-refractivity contribution in [3.63, 3.8) is 0 Å². The van der Waals surface area contributed by atoms with Gasteiger partial charge in [-0.1, -0.05) is 84.9 Å². The van der Waals surface area contributed by atoms with Crippen molar-refractivity contribution in [2.75, 3.05) is 0 Å². The zero-order chi connectivity index (χ0) is 33.1. The number of nitrogens with zero attached hydrogens (tertiary/aromatic N) is 2. The maximum absolute atomic E-state index is 15.1. The van der Waals surface area contributed by atoms with E-state index in [1.807, 2.05) is 86.6 Å². The molecule has 2 heterocycles. The lowest BCUT2D eigenvalue weighted by molar-refractivity contribution is -0.157. The van der Waals surface area contributed by atoms with E-state index in [9.17, 15) is 19.8 Å². The summed E-state index contributed by atoms with van der Waals surface area (Å²) in [4.78, 5) is 42.4. The third-order valence-corrected chi connectivity index (χ3v) is 8.84. The third kappa shape index (κ3) is 7.21. The minimum atomic E-state index is -1.05. The summed E-state index contributed by atoms with van der Waals surface area (Å²) in [5.41, 5.74) is 3.63. The van der Waals surface area contributed by atoms with Crippen molar-refractivity contribution in [1.82, 2.24) is 9.80 Å². The van der Waals surface area contributed by atoms with Gasteiger partial charge in [0.25, 0.3) is 0 Å². The minimum Gasteiger partial charge on any atom is -0.478 e. The fourth-order valence-electron chi connectivity index (χ4n) is 6.75. The summed E-state index contributed by atoms with van der Waals surface area (Å²) in [7, 11) is 0. The van der Waals surface area contributed by atoms with Gasteiger partial charge in [0.2, 0.25) is 0 Å². The number of carbonyl (C=O) groups excluding carboxylic acids is 1. The summed E-state index contributed by atoms with van der Waals surface area (Å²) >= 11 is 0. The molecule has 2 saturated heterocycles. The number of ether oxygens (including phenoxy) is 2. The van der Waals surface area contributed by atoms with Crippen molar-refractivity contribution in [3.8, 4) is 0 Å². The summed E-state index contributed by atoms with van der Waals surface area (Å²) in [5, 5.41) is 19.4. The summed E-state index contributed by atoms with van der Waals surface area (Å²) in [6.07, 6.45) is -0.0972. The molecule has 47 heavy (non-hydrogen) atoms. The molecule has 2 fully saturated rings. The van der Waals surface area contributed by atoms with E-state index in [0.29, 0.717) is 24.0 Å². The van der Waals surface area contributed by atoms with Crippen molar-refractivity contribution < 1.29 is 34.1 Å². The van der Waals surface area contributed by atoms with Gasteiger partial charge >= 0.3 is 18.0 Å². The molecule has 6 rings (SSSR count). The van der Waals surface area contributed by atoms with Crippen LogP contribution in [0.15, 0.2) is 109 Å². The highest BCUT2D eigenvalue weighted by Crippen LogP contribution is 2.40. The molecule has 242 valence electrons. The fourth-order valence-corrected chi connectivity index (χ4v) is 6.75. The predicted molar refractivity (Wildman–Crippen MR) is 175 cm³/mol. The number of carboxylic acids is 2. The number of benzene rings is 4. The van der Waals surface area contributed by atoms with Gasteiger partial charge in [0.05, 0.1) is 23.2 Å². The fraction of sp³-hybridized carbons (Fsp3) is 0.289. The Morgan fingerprint density at radius 1 is 0.617 bits per heavy atom. The molecule has 9 nitrogen and oxygen atoms in total. The minimum absolute atomic E-state index is 0.133. The second kappa shape index (κ2) is 13.4. The zero-order valence-electron chi connectivity index (χ0n) is 26.4. The molecular formula is C38H38N2O7. The van der Waals surface area contributed by atoms with Crippen LogP contribution in [0.1, 0.15) is 56.8 Å². The van der Waals surface area contributed by atoms with Crippen molar-refractivity contribution in [2.45, 2.75) is 69.9 Å². The SMILES string of the molecule is CC1(C)OC2[C@@H](O1)[C@@H](Cc1ccccc1)N(Cc1cccc(C(=O)O)c1)C(=O)N(Cc1cccc(C(=O)O)c1)[C@@H]2Cc1ccccc1. The molecule has 2 aliphatic rings. The van der Waals surface area contributed by atoms with E-state index >= 15 is 4.79 Å². The van der Waals surface area contributed by atoms with Crippen LogP contribution in [0.4, 0.5) is 4.79 Å². The average molecular weight is 635 g/mol. The van der Waals surface area contributed by atoms with Gasteiger partial charge < -0.3 is 29.5 Å². The zero-order valence-corrected chi connectivity index (χ0v) is 26.4. The molecule has 0 aromatic heterocycles. The Labute approximate surface area is 274 Å². The summed E-state index contributed by atoms with van der Waals surface area (Å²) in [5.74, 6) is -3.04. The van der Waals surface area contributed by atoms with Crippen molar-refractivity contribution in [1.29, 1.82) is 0 Å². The van der Waals surface area contributed by atoms with E-state index in [-0.39, 0.29) is 30.2 Å². The summed E-state index contributed by atoms with van der Waals surface area (Å²) < 4.78 is 13.4. The van der Waals surface area contributed by atoms with E-state index in [1.165, 1.54) is 12.1 Å². The monoisotopic (exact) mass is 634 g/mol. The van der Waals surface area contributed by atoms with Gasteiger partial charge in [-0.15, -0.1) is 0 Å². The highest BCUT2D eigenvalue weighted by Gasteiger charge is 2.55. The maximum Gasteiger partial charge on any atom is 0.335 e. The molecule has 0 saturated carbocycles. The number of hydrogen-bond acceptors (Lipinski definition) is 5. The third-order valence-electron chi connectivity index (χ3n) is 8.84. The van der Waals surface area contributed by atoms with E-state index in [2.05, 4.69) is 0 Å². The normalized spacial score (nSPS) is 22.0. The van der Waals surface area contributed by atoms with Gasteiger partial charge in [-0.25, -0.2) is 14.4 Å². The first-order chi connectivity index (χ1) is 22.6. The van der Waals surface area contributed by atoms with Crippen LogP contribution < -0.4 is 0 Å². The number of carbonyl (C=O) groups is 3. The quantitative estimate of drug-likeness (QED) is 0.211. The second-order valence-electron chi connectivity index (χ2n) is 12.6. The number of carboxylic acid groups (broad SMARTS) is 2. The first kappa shape index (κ1) is 32.0. The number of rotatable bonds is 10. The summed E-state index contributed by atoms with van der Waals surface area (Å²) in [6, 6.07) is 31.8. The molecule has 2 N–H and O–H groups in total. The lowest BCUT2D eigenvalue weighted by atomic mass is 9.91. The van der Waals surface area contributed by atoms with Crippen LogP contribution in [0.2, 0.25) is 0 Å². The van der Waals surface area contributed by atoms with Crippen LogP contribution in [-0.2, 0) is 35.4 Å². The maximum atomic E-state index is 15.1. The second-order valence-corrected chi connectivity index (χ2v) is 12.6. The van der Waals surface area contributed by atoms with Gasteiger partial charge in [-0.2, -0.15) is 0 Å². The van der Waals surface area contributed by atoms with Gasteiger partial charge in [-0.3, -0.25) is 0 Å². The molecule has 2 aliphatic heterocycles. The van der Waals surface area contributed by atoms with Crippen LogP contribution in [0.5, 0.6) is 0 Å². The largest absolute Gasteiger partial charge is 0.478 e. The van der Waals surface area contributed by atoms with Crippen LogP contribution in [-0.4, -0.2) is 68.1 Å². The van der Waals surface area contributed by atoms with E-state index in [0.717, 1.165) is 11.1 Å². The Morgan fingerprint density at radius 2 is 1.00 bits per heavy atom. The lowest BCUT2D eigenvalue weighted by Crippen LogP contribution is -2.51. The molecule has 4 aromatic carbocycles. The van der Waals surface area contributed by atoms with Gasteiger partial charge in [0.1, 0.15) is 12.2 Å². The Bertz CT molecular complexity index is 1620. The van der Waals surface area contributed by atoms with Gasteiger partial charge in [0.15, 0.2) is 5.79 Å². The van der Waals surface area contributed by atoms with Crippen LogP contribution in [0.3, 0.4) is 0 Å². The molecule has 0 radical (unpaired) electrons. The lowest BCUT2D eigenvalue weighted by Gasteiger charge is -2.37. The topological polar surface area (TPSA) is 117 Å². The molecule has 1 unspecified atom stereocenters. The predicted octanol–water partition coefficient (Wildman–Crippen LogP) is 6.26. The van der Waals surface area contributed by atoms with Crippen LogP contribution in [0.25, 0.3) is 0 Å². The molecule has 4 atom stereocenters. The van der Waals surface area contributed by atoms with Crippen molar-refractivity contribution >= 4 is 18.0 Å². The van der Waals surface area contributed by atoms with Crippen molar-refractivity contribution in [2.24, 2.45) is 0 Å². The molecule has 9 heteroatoms. The number of aromatic carboxylic acids is 2. The Balaban J connectivity index is 1.50. The number of amides is 2. The summed E-state index contributed by atoms with van der Waals surface area (Å²) in [6.45, 7) is 4.02. The molecule has 0 aliphatic carbocycles. The van der Waals surface area contributed by atoms with E-state index in [1.54, 1.807) is 34.1 Å². The van der Waals surface area contributed by atoms with E-state index < -0.39 is 42.0 Å².